The Bertz CT molecular complexity index is 542. The molecule has 0 unspecified atom stereocenters. The number of pyridine rings is 1. The van der Waals surface area contributed by atoms with Crippen LogP contribution in [0, 0.1) is 0 Å². The number of hydrogen-bond donors (Lipinski definition) is 0. The topological polar surface area (TPSA) is 53.5 Å². The van der Waals surface area contributed by atoms with Crippen LogP contribution in [0.4, 0.5) is 18.0 Å². The van der Waals surface area contributed by atoms with Crippen LogP contribution in [0.3, 0.4) is 0 Å². The van der Waals surface area contributed by atoms with E-state index < -0.39 is 23.9 Å². The molecule has 2 heterocycles. The van der Waals surface area contributed by atoms with Gasteiger partial charge in [0.05, 0.1) is 6.04 Å². The molecule has 1 aliphatic rings. The number of hydrogen-bond acceptors (Lipinski definition) is 3. The van der Waals surface area contributed by atoms with E-state index in [4.69, 9.17) is 0 Å². The molecule has 20 heavy (non-hydrogen) atoms. The van der Waals surface area contributed by atoms with E-state index >= 15 is 0 Å². The molecule has 8 heteroatoms. The highest BCUT2D eigenvalue weighted by molar-refractivity contribution is 6.02. The van der Waals surface area contributed by atoms with Crippen LogP contribution in [0.5, 0.6) is 0 Å². The molecule has 0 saturated carbocycles. The number of aromatic nitrogens is 1. The molecule has 1 saturated heterocycles. The molecule has 1 aromatic rings. The van der Waals surface area contributed by atoms with Gasteiger partial charge in [-0.25, -0.2) is 4.79 Å². The fourth-order valence-corrected chi connectivity index (χ4v) is 1.99. The van der Waals surface area contributed by atoms with Gasteiger partial charge in [0.15, 0.2) is 0 Å². The number of rotatable bonds is 2. The molecule has 3 amide bonds. The molecule has 1 aliphatic heterocycles. The largest absolute Gasteiger partial charge is 0.433 e. The molecule has 1 fully saturated rings. The van der Waals surface area contributed by atoms with Gasteiger partial charge >= 0.3 is 12.2 Å². The summed E-state index contributed by atoms with van der Waals surface area (Å²) in [4.78, 5) is 29.1. The van der Waals surface area contributed by atoms with Crippen molar-refractivity contribution in [3.05, 3.63) is 29.6 Å². The molecule has 0 bridgehead atoms. The summed E-state index contributed by atoms with van der Waals surface area (Å²) in [6.45, 7) is 1.54. The number of halogens is 3. The summed E-state index contributed by atoms with van der Waals surface area (Å²) in [6.07, 6.45) is -3.48. The standard InChI is InChI=1S/C12H12F3N3O2/c1-7(18-10(19)6-17(2)11(18)20)8-3-4-9(16-5-8)12(13,14)15/h3-5,7H,6H2,1-2H3/t7-/m0/s1. The fourth-order valence-electron chi connectivity index (χ4n) is 1.99. The van der Waals surface area contributed by atoms with E-state index in [1.165, 1.54) is 18.0 Å². The van der Waals surface area contributed by atoms with Gasteiger partial charge in [-0.2, -0.15) is 13.2 Å². The summed E-state index contributed by atoms with van der Waals surface area (Å²) in [6, 6.07) is 0.928. The van der Waals surface area contributed by atoms with Crippen LogP contribution >= 0.6 is 0 Å². The number of carbonyl (C=O) groups excluding carboxylic acids is 2. The molecular formula is C12H12F3N3O2. The molecule has 1 aromatic heterocycles. The zero-order chi connectivity index (χ0) is 15.1. The van der Waals surface area contributed by atoms with E-state index in [-0.39, 0.29) is 12.5 Å². The smallest absolute Gasteiger partial charge is 0.318 e. The van der Waals surface area contributed by atoms with Crippen LogP contribution in [0.15, 0.2) is 18.3 Å². The van der Waals surface area contributed by atoms with E-state index in [1.807, 2.05) is 0 Å². The first kappa shape index (κ1) is 14.3. The van der Waals surface area contributed by atoms with E-state index in [0.29, 0.717) is 5.56 Å². The predicted octanol–water partition coefficient (Wildman–Crippen LogP) is 2.06. The molecule has 0 aliphatic carbocycles. The summed E-state index contributed by atoms with van der Waals surface area (Å²) in [7, 11) is 1.48. The van der Waals surface area contributed by atoms with Crippen molar-refractivity contribution in [3.8, 4) is 0 Å². The molecule has 0 radical (unpaired) electrons. The van der Waals surface area contributed by atoms with Gasteiger partial charge in [0.2, 0.25) is 0 Å². The zero-order valence-corrected chi connectivity index (χ0v) is 10.8. The summed E-state index contributed by atoms with van der Waals surface area (Å²) in [5.41, 5.74) is -0.639. The monoisotopic (exact) mass is 287 g/mol. The lowest BCUT2D eigenvalue weighted by atomic mass is 10.1. The minimum Gasteiger partial charge on any atom is -0.318 e. The quantitative estimate of drug-likeness (QED) is 0.782. The summed E-state index contributed by atoms with van der Waals surface area (Å²) in [5.74, 6) is -0.384. The summed E-state index contributed by atoms with van der Waals surface area (Å²) in [5, 5.41) is 0. The molecule has 0 N–H and O–H groups in total. The van der Waals surface area contributed by atoms with Gasteiger partial charge in [0.25, 0.3) is 5.91 Å². The third-order valence-electron chi connectivity index (χ3n) is 3.12. The predicted molar refractivity (Wildman–Crippen MR) is 62.5 cm³/mol. The van der Waals surface area contributed by atoms with E-state index in [9.17, 15) is 22.8 Å². The van der Waals surface area contributed by atoms with Crippen molar-refractivity contribution >= 4 is 11.9 Å². The molecule has 5 nitrogen and oxygen atoms in total. The normalized spacial score (nSPS) is 17.9. The van der Waals surface area contributed by atoms with Crippen molar-refractivity contribution in [2.24, 2.45) is 0 Å². The highest BCUT2D eigenvalue weighted by atomic mass is 19.4. The number of carbonyl (C=O) groups is 2. The maximum absolute atomic E-state index is 12.4. The number of likely N-dealkylation sites (N-methyl/N-ethyl adjacent to an activating group) is 1. The molecule has 1 atom stereocenters. The van der Waals surface area contributed by atoms with Crippen LogP contribution < -0.4 is 0 Å². The van der Waals surface area contributed by atoms with Crippen molar-refractivity contribution in [1.82, 2.24) is 14.8 Å². The van der Waals surface area contributed by atoms with Crippen molar-refractivity contribution < 1.29 is 22.8 Å². The Morgan fingerprint density at radius 1 is 1.30 bits per heavy atom. The zero-order valence-electron chi connectivity index (χ0n) is 10.8. The Morgan fingerprint density at radius 2 is 1.95 bits per heavy atom. The minimum absolute atomic E-state index is 0.0305. The highest BCUT2D eigenvalue weighted by Gasteiger charge is 2.38. The maximum Gasteiger partial charge on any atom is 0.433 e. The lowest BCUT2D eigenvalue weighted by Crippen LogP contribution is -2.34. The molecule has 2 rings (SSSR count). The Labute approximate surface area is 113 Å². The summed E-state index contributed by atoms with van der Waals surface area (Å²) >= 11 is 0. The second-order valence-electron chi connectivity index (χ2n) is 4.55. The Hall–Kier alpha value is -2.12. The lowest BCUT2D eigenvalue weighted by molar-refractivity contribution is -0.141. The Morgan fingerprint density at radius 3 is 2.35 bits per heavy atom. The average Bonchev–Trinajstić information content (AvgIpc) is 2.62. The average molecular weight is 287 g/mol. The molecule has 0 aromatic carbocycles. The highest BCUT2D eigenvalue weighted by Crippen LogP contribution is 2.29. The third kappa shape index (κ3) is 2.45. The van der Waals surface area contributed by atoms with E-state index in [2.05, 4.69) is 4.98 Å². The Balaban J connectivity index is 2.24. The van der Waals surface area contributed by atoms with Gasteiger partial charge in [0, 0.05) is 13.2 Å². The fraction of sp³-hybridized carbons (Fsp3) is 0.417. The lowest BCUT2D eigenvalue weighted by Gasteiger charge is -2.22. The Kier molecular flexibility index (Phi) is 3.41. The van der Waals surface area contributed by atoms with E-state index in [1.54, 1.807) is 6.92 Å². The number of nitrogens with zero attached hydrogens (tertiary/aromatic N) is 3. The summed E-state index contributed by atoms with van der Waals surface area (Å²) < 4.78 is 37.2. The van der Waals surface area contributed by atoms with Crippen LogP contribution in [0.1, 0.15) is 24.2 Å². The first-order valence-corrected chi connectivity index (χ1v) is 5.82. The molecule has 108 valence electrons. The number of amides is 3. The third-order valence-corrected chi connectivity index (χ3v) is 3.12. The van der Waals surface area contributed by atoms with Gasteiger partial charge in [-0.05, 0) is 18.6 Å². The van der Waals surface area contributed by atoms with Crippen LogP contribution in [-0.2, 0) is 11.0 Å². The van der Waals surface area contributed by atoms with Crippen LogP contribution in [0.2, 0.25) is 0 Å². The second kappa shape index (κ2) is 4.77. The van der Waals surface area contributed by atoms with E-state index in [0.717, 1.165) is 17.2 Å². The SMILES string of the molecule is C[C@@H](c1ccc(C(F)(F)F)nc1)N1C(=O)CN(C)C1=O. The number of alkyl halides is 3. The van der Waals surface area contributed by atoms with Crippen molar-refractivity contribution in [1.29, 1.82) is 0 Å². The van der Waals surface area contributed by atoms with Gasteiger partial charge in [-0.1, -0.05) is 6.07 Å². The van der Waals surface area contributed by atoms with Crippen LogP contribution in [-0.4, -0.2) is 40.3 Å². The number of imide groups is 1. The molecular weight excluding hydrogens is 275 g/mol. The first-order valence-electron chi connectivity index (χ1n) is 5.82. The van der Waals surface area contributed by atoms with Gasteiger partial charge in [-0.15, -0.1) is 0 Å². The van der Waals surface area contributed by atoms with Crippen molar-refractivity contribution in [2.45, 2.75) is 19.1 Å². The molecule has 0 spiro atoms. The first-order chi connectivity index (χ1) is 9.21. The van der Waals surface area contributed by atoms with Gasteiger partial charge in [-0.3, -0.25) is 14.7 Å². The van der Waals surface area contributed by atoms with Crippen molar-refractivity contribution in [3.63, 3.8) is 0 Å². The van der Waals surface area contributed by atoms with Gasteiger partial charge in [0.1, 0.15) is 12.2 Å². The van der Waals surface area contributed by atoms with Crippen LogP contribution in [0.25, 0.3) is 0 Å². The van der Waals surface area contributed by atoms with Gasteiger partial charge < -0.3 is 4.90 Å². The number of urea groups is 1. The second-order valence-corrected chi connectivity index (χ2v) is 4.55. The maximum atomic E-state index is 12.4. The minimum atomic E-state index is -4.51. The van der Waals surface area contributed by atoms with Crippen molar-refractivity contribution in [2.75, 3.05) is 13.6 Å².